The molecule has 4 nitrogen and oxygen atoms in total. The zero-order valence-corrected chi connectivity index (χ0v) is 20.8. The highest BCUT2D eigenvalue weighted by Crippen LogP contribution is 2.38. The van der Waals surface area contributed by atoms with Crippen LogP contribution in [0, 0.1) is 10.8 Å². The van der Waals surface area contributed by atoms with Gasteiger partial charge >= 0.3 is 0 Å². The molecule has 0 radical (unpaired) electrons. The third-order valence-corrected chi connectivity index (χ3v) is 7.85. The molecule has 2 aliphatic heterocycles. The molecule has 0 aliphatic carbocycles. The van der Waals surface area contributed by atoms with E-state index in [1.54, 1.807) is 0 Å². The molecule has 4 heteroatoms. The van der Waals surface area contributed by atoms with Gasteiger partial charge < -0.3 is 18.9 Å². The van der Waals surface area contributed by atoms with Crippen molar-refractivity contribution in [1.29, 1.82) is 0 Å². The van der Waals surface area contributed by atoms with Crippen molar-refractivity contribution in [3.8, 4) is 0 Å². The summed E-state index contributed by atoms with van der Waals surface area (Å²) in [5.74, 6) is 0. The molecule has 180 valence electrons. The summed E-state index contributed by atoms with van der Waals surface area (Å²) in [5, 5.41) is 0. The van der Waals surface area contributed by atoms with E-state index in [1.165, 1.54) is 22.3 Å². The molecule has 0 atom stereocenters. The lowest BCUT2D eigenvalue weighted by molar-refractivity contribution is -0.152. The zero-order valence-electron chi connectivity index (χ0n) is 20.8. The minimum atomic E-state index is -0.163. The number of rotatable bonds is 12. The van der Waals surface area contributed by atoms with Gasteiger partial charge in [0.1, 0.15) is 0 Å². The van der Waals surface area contributed by atoms with E-state index in [9.17, 15) is 0 Å². The first-order chi connectivity index (χ1) is 15.9. The van der Waals surface area contributed by atoms with Crippen LogP contribution in [0.15, 0.2) is 48.5 Å². The Bertz CT molecular complexity index is 827. The molecule has 0 aromatic heterocycles. The monoisotopic (exact) mass is 452 g/mol. The van der Waals surface area contributed by atoms with Crippen LogP contribution in [-0.2, 0) is 37.6 Å². The first-order valence-electron chi connectivity index (χ1n) is 12.4. The average Bonchev–Trinajstić information content (AvgIpc) is 2.78. The van der Waals surface area contributed by atoms with E-state index in [4.69, 9.17) is 18.9 Å². The third-order valence-electron chi connectivity index (χ3n) is 7.85. The topological polar surface area (TPSA) is 36.9 Å². The largest absolute Gasteiger partial charge is 0.380 e. The molecule has 2 aliphatic rings. The number of benzene rings is 2. The van der Waals surface area contributed by atoms with Crippen LogP contribution in [0.5, 0.6) is 0 Å². The van der Waals surface area contributed by atoms with Gasteiger partial charge in [-0.2, -0.15) is 0 Å². The van der Waals surface area contributed by atoms with Crippen LogP contribution in [0.25, 0.3) is 0 Å². The van der Waals surface area contributed by atoms with Crippen LogP contribution >= 0.6 is 0 Å². The fourth-order valence-electron chi connectivity index (χ4n) is 4.97. The second kappa shape index (κ2) is 10.3. The van der Waals surface area contributed by atoms with Gasteiger partial charge in [0.25, 0.3) is 0 Å². The van der Waals surface area contributed by atoms with Crippen molar-refractivity contribution in [2.24, 2.45) is 10.8 Å². The van der Waals surface area contributed by atoms with Crippen molar-refractivity contribution < 1.29 is 18.9 Å². The molecule has 0 spiro atoms. The minimum absolute atomic E-state index is 0.163. The summed E-state index contributed by atoms with van der Waals surface area (Å²) < 4.78 is 23.4. The average molecular weight is 453 g/mol. The smallest absolute Gasteiger partial charge is 0.0720 e. The molecule has 2 saturated heterocycles. The standard InChI is InChI=1S/C29H40O4/c1-5-28(19-32-20-28)17-30-15-23-11-7-9-13-25(23)27(3,4)26-14-10-8-12-24(26)16-31-18-29(6-2)21-33-22-29/h7-14H,5-6,15-22H2,1-4H3. The van der Waals surface area contributed by atoms with E-state index in [0.29, 0.717) is 13.2 Å². The lowest BCUT2D eigenvalue weighted by atomic mass is 9.74. The summed E-state index contributed by atoms with van der Waals surface area (Å²) in [6.07, 6.45) is 2.19. The Hall–Kier alpha value is -1.72. The second-order valence-electron chi connectivity index (χ2n) is 10.6. The van der Waals surface area contributed by atoms with Gasteiger partial charge in [0.15, 0.2) is 0 Å². The summed E-state index contributed by atoms with van der Waals surface area (Å²) in [5.41, 5.74) is 5.37. The Labute approximate surface area is 199 Å². The van der Waals surface area contributed by atoms with Gasteiger partial charge in [-0.15, -0.1) is 0 Å². The van der Waals surface area contributed by atoms with E-state index < -0.39 is 0 Å². The quantitative estimate of drug-likeness (QED) is 0.402. The van der Waals surface area contributed by atoms with E-state index in [1.807, 2.05) is 0 Å². The molecule has 2 aromatic rings. The molecule has 4 rings (SSSR count). The fourth-order valence-corrected chi connectivity index (χ4v) is 4.97. The van der Waals surface area contributed by atoms with Gasteiger partial charge in [0.05, 0.1) is 52.9 Å². The Balaban J connectivity index is 1.48. The van der Waals surface area contributed by atoms with Crippen molar-refractivity contribution in [2.75, 3.05) is 39.6 Å². The van der Waals surface area contributed by atoms with Crippen LogP contribution in [0.4, 0.5) is 0 Å². The Morgan fingerprint density at radius 2 is 1.09 bits per heavy atom. The Morgan fingerprint density at radius 1 is 0.697 bits per heavy atom. The van der Waals surface area contributed by atoms with E-state index >= 15 is 0 Å². The molecule has 0 bridgehead atoms. The van der Waals surface area contributed by atoms with E-state index in [2.05, 4.69) is 76.2 Å². The zero-order chi connectivity index (χ0) is 23.4. The predicted octanol–water partition coefficient (Wildman–Crippen LogP) is 5.90. The van der Waals surface area contributed by atoms with Crippen molar-refractivity contribution in [3.63, 3.8) is 0 Å². The van der Waals surface area contributed by atoms with Crippen molar-refractivity contribution in [3.05, 3.63) is 70.8 Å². The van der Waals surface area contributed by atoms with Crippen LogP contribution in [0.1, 0.15) is 62.8 Å². The van der Waals surface area contributed by atoms with Crippen LogP contribution < -0.4 is 0 Å². The van der Waals surface area contributed by atoms with Gasteiger partial charge in [-0.3, -0.25) is 0 Å². The third kappa shape index (κ3) is 5.19. The second-order valence-corrected chi connectivity index (χ2v) is 10.6. The predicted molar refractivity (Wildman–Crippen MR) is 131 cm³/mol. The molecular weight excluding hydrogens is 412 g/mol. The molecular formula is C29H40O4. The highest BCUT2D eigenvalue weighted by molar-refractivity contribution is 5.45. The van der Waals surface area contributed by atoms with Gasteiger partial charge in [-0.1, -0.05) is 76.2 Å². The maximum atomic E-state index is 6.24. The first-order valence-corrected chi connectivity index (χ1v) is 12.4. The molecule has 2 aromatic carbocycles. The molecule has 2 heterocycles. The molecule has 2 fully saturated rings. The normalized spacial score (nSPS) is 19.0. The van der Waals surface area contributed by atoms with Crippen LogP contribution in [0.3, 0.4) is 0 Å². The van der Waals surface area contributed by atoms with E-state index in [0.717, 1.165) is 52.5 Å². The van der Waals surface area contributed by atoms with Crippen molar-refractivity contribution >= 4 is 0 Å². The lowest BCUT2D eigenvalue weighted by Crippen LogP contribution is -2.45. The summed E-state index contributed by atoms with van der Waals surface area (Å²) in [6, 6.07) is 17.4. The summed E-state index contributed by atoms with van der Waals surface area (Å²) in [7, 11) is 0. The van der Waals surface area contributed by atoms with Crippen LogP contribution in [-0.4, -0.2) is 39.6 Å². The lowest BCUT2D eigenvalue weighted by Gasteiger charge is -2.40. The van der Waals surface area contributed by atoms with Crippen molar-refractivity contribution in [2.45, 2.75) is 59.2 Å². The maximum Gasteiger partial charge on any atom is 0.0720 e. The maximum absolute atomic E-state index is 6.24. The molecule has 0 amide bonds. The molecule has 0 saturated carbocycles. The van der Waals surface area contributed by atoms with E-state index in [-0.39, 0.29) is 16.2 Å². The highest BCUT2D eigenvalue weighted by atomic mass is 16.5. The van der Waals surface area contributed by atoms with Gasteiger partial charge in [-0.25, -0.2) is 0 Å². The summed E-state index contributed by atoms with van der Waals surface area (Å²) >= 11 is 0. The van der Waals surface area contributed by atoms with Crippen LogP contribution in [0.2, 0.25) is 0 Å². The molecule has 0 N–H and O–H groups in total. The number of ether oxygens (including phenoxy) is 4. The summed E-state index contributed by atoms with van der Waals surface area (Å²) in [6.45, 7) is 15.1. The highest BCUT2D eigenvalue weighted by Gasteiger charge is 2.38. The van der Waals surface area contributed by atoms with Crippen molar-refractivity contribution in [1.82, 2.24) is 0 Å². The number of hydrogen-bond donors (Lipinski definition) is 0. The minimum Gasteiger partial charge on any atom is -0.380 e. The summed E-state index contributed by atoms with van der Waals surface area (Å²) in [4.78, 5) is 0. The van der Waals surface area contributed by atoms with Gasteiger partial charge in [-0.05, 0) is 35.1 Å². The Kier molecular flexibility index (Phi) is 7.59. The fraction of sp³-hybridized carbons (Fsp3) is 0.586. The first kappa shape index (κ1) is 24.4. The molecule has 33 heavy (non-hydrogen) atoms. The molecule has 0 unspecified atom stereocenters. The Morgan fingerprint density at radius 3 is 1.42 bits per heavy atom. The number of hydrogen-bond acceptors (Lipinski definition) is 4. The van der Waals surface area contributed by atoms with Gasteiger partial charge in [0.2, 0.25) is 0 Å². The van der Waals surface area contributed by atoms with Gasteiger partial charge in [0, 0.05) is 16.2 Å². The SMILES string of the molecule is CCC1(COCc2ccccc2C(C)(C)c2ccccc2COCC2(CC)COC2)COC1.